The van der Waals surface area contributed by atoms with Crippen LogP contribution in [-0.2, 0) is 11.2 Å². The second-order valence-corrected chi connectivity index (χ2v) is 6.67. The number of hydrogen-bond donors (Lipinski definition) is 1. The first kappa shape index (κ1) is 20.8. The Labute approximate surface area is 161 Å². The van der Waals surface area contributed by atoms with E-state index >= 15 is 0 Å². The van der Waals surface area contributed by atoms with Gasteiger partial charge >= 0.3 is 0 Å². The van der Waals surface area contributed by atoms with E-state index < -0.39 is 0 Å². The molecule has 1 heterocycles. The number of benzene rings is 1. The second kappa shape index (κ2) is 10.00. The SMILES string of the molecule is CCCOc1ccc(C(C)NC(=O)Cc2c(C)noc2C)cc1OCCC. The molecule has 6 heteroatoms. The summed E-state index contributed by atoms with van der Waals surface area (Å²) < 4.78 is 16.7. The van der Waals surface area contributed by atoms with E-state index in [4.69, 9.17) is 14.0 Å². The molecular formula is C21H30N2O4. The van der Waals surface area contributed by atoms with E-state index in [0.717, 1.165) is 41.2 Å². The van der Waals surface area contributed by atoms with Crippen LogP contribution in [0.25, 0.3) is 0 Å². The zero-order chi connectivity index (χ0) is 19.8. The van der Waals surface area contributed by atoms with Crippen LogP contribution in [0.1, 0.15) is 62.2 Å². The van der Waals surface area contributed by atoms with Gasteiger partial charge in [-0.1, -0.05) is 25.1 Å². The number of carbonyl (C=O) groups is 1. The summed E-state index contributed by atoms with van der Waals surface area (Å²) in [6.07, 6.45) is 2.10. The summed E-state index contributed by atoms with van der Waals surface area (Å²) in [6.45, 7) is 11.0. The fourth-order valence-electron chi connectivity index (χ4n) is 2.74. The van der Waals surface area contributed by atoms with Crippen LogP contribution in [0.5, 0.6) is 11.5 Å². The molecule has 1 N–H and O–H groups in total. The molecule has 2 aromatic rings. The second-order valence-electron chi connectivity index (χ2n) is 6.67. The Bertz CT molecular complexity index is 735. The topological polar surface area (TPSA) is 73.6 Å². The van der Waals surface area contributed by atoms with Crippen LogP contribution < -0.4 is 14.8 Å². The molecule has 1 amide bonds. The summed E-state index contributed by atoms with van der Waals surface area (Å²) in [4.78, 5) is 12.4. The number of carbonyl (C=O) groups excluding carboxylic acids is 1. The highest BCUT2D eigenvalue weighted by atomic mass is 16.5. The molecular weight excluding hydrogens is 344 g/mol. The predicted octanol–water partition coefficient (Wildman–Crippen LogP) is 4.29. The number of rotatable bonds is 10. The third-order valence-corrected chi connectivity index (χ3v) is 4.29. The van der Waals surface area contributed by atoms with Gasteiger partial charge in [-0.3, -0.25) is 4.79 Å². The summed E-state index contributed by atoms with van der Waals surface area (Å²) in [7, 11) is 0. The Morgan fingerprint density at radius 1 is 1.15 bits per heavy atom. The molecule has 0 aliphatic carbocycles. The molecule has 1 aromatic heterocycles. The van der Waals surface area contributed by atoms with Gasteiger partial charge < -0.3 is 19.3 Å². The van der Waals surface area contributed by atoms with Crippen molar-refractivity contribution in [2.45, 2.75) is 59.9 Å². The summed E-state index contributed by atoms with van der Waals surface area (Å²) in [5.41, 5.74) is 2.56. The van der Waals surface area contributed by atoms with Gasteiger partial charge in [0.25, 0.3) is 0 Å². The summed E-state index contributed by atoms with van der Waals surface area (Å²) in [5, 5.41) is 6.93. The zero-order valence-corrected chi connectivity index (χ0v) is 16.9. The van der Waals surface area contributed by atoms with Gasteiger partial charge in [0.15, 0.2) is 11.5 Å². The number of hydrogen-bond acceptors (Lipinski definition) is 5. The molecule has 0 aliphatic rings. The van der Waals surface area contributed by atoms with Crippen LogP contribution in [0.4, 0.5) is 0 Å². The number of ether oxygens (including phenoxy) is 2. The fraction of sp³-hybridized carbons (Fsp3) is 0.524. The molecule has 1 aromatic carbocycles. The van der Waals surface area contributed by atoms with Gasteiger partial charge in [-0.25, -0.2) is 0 Å². The number of amides is 1. The van der Waals surface area contributed by atoms with Crippen molar-refractivity contribution in [1.82, 2.24) is 10.5 Å². The van der Waals surface area contributed by atoms with Gasteiger partial charge in [-0.15, -0.1) is 0 Å². The van der Waals surface area contributed by atoms with E-state index in [1.54, 1.807) is 0 Å². The van der Waals surface area contributed by atoms with E-state index in [1.165, 1.54) is 0 Å². The Balaban J connectivity index is 2.07. The molecule has 6 nitrogen and oxygen atoms in total. The minimum Gasteiger partial charge on any atom is -0.490 e. The van der Waals surface area contributed by atoms with Crippen LogP contribution in [0.2, 0.25) is 0 Å². The maximum Gasteiger partial charge on any atom is 0.225 e. The number of aryl methyl sites for hydroxylation is 2. The van der Waals surface area contributed by atoms with E-state index in [9.17, 15) is 4.79 Å². The van der Waals surface area contributed by atoms with Crippen molar-refractivity contribution < 1.29 is 18.8 Å². The highest BCUT2D eigenvalue weighted by Gasteiger charge is 2.17. The highest BCUT2D eigenvalue weighted by Crippen LogP contribution is 2.31. The number of aromatic nitrogens is 1. The van der Waals surface area contributed by atoms with Gasteiger partial charge in [0, 0.05) is 5.56 Å². The third-order valence-electron chi connectivity index (χ3n) is 4.29. The van der Waals surface area contributed by atoms with Gasteiger partial charge in [-0.05, 0) is 51.3 Å². The lowest BCUT2D eigenvalue weighted by atomic mass is 10.1. The monoisotopic (exact) mass is 374 g/mol. The van der Waals surface area contributed by atoms with Gasteiger partial charge in [0.05, 0.1) is 31.4 Å². The van der Waals surface area contributed by atoms with Crippen LogP contribution in [0, 0.1) is 13.8 Å². The summed E-state index contributed by atoms with van der Waals surface area (Å²) in [6, 6.07) is 5.67. The summed E-state index contributed by atoms with van der Waals surface area (Å²) >= 11 is 0. The molecule has 0 fully saturated rings. The number of nitrogens with one attached hydrogen (secondary N) is 1. The lowest BCUT2D eigenvalue weighted by molar-refractivity contribution is -0.121. The van der Waals surface area contributed by atoms with Crippen LogP contribution in [0.15, 0.2) is 22.7 Å². The molecule has 0 radical (unpaired) electrons. The zero-order valence-electron chi connectivity index (χ0n) is 16.9. The van der Waals surface area contributed by atoms with Crippen LogP contribution in [-0.4, -0.2) is 24.3 Å². The van der Waals surface area contributed by atoms with Crippen molar-refractivity contribution >= 4 is 5.91 Å². The van der Waals surface area contributed by atoms with E-state index in [0.29, 0.717) is 19.0 Å². The lowest BCUT2D eigenvalue weighted by Crippen LogP contribution is -2.28. The molecule has 0 bridgehead atoms. The first-order valence-corrected chi connectivity index (χ1v) is 9.56. The van der Waals surface area contributed by atoms with Crippen molar-refractivity contribution in [1.29, 1.82) is 0 Å². The molecule has 0 saturated heterocycles. The average molecular weight is 374 g/mol. The van der Waals surface area contributed by atoms with E-state index in [1.807, 2.05) is 39.0 Å². The average Bonchev–Trinajstić information content (AvgIpc) is 2.96. The third kappa shape index (κ3) is 5.74. The smallest absolute Gasteiger partial charge is 0.225 e. The normalized spacial score (nSPS) is 11.9. The van der Waals surface area contributed by atoms with E-state index in [2.05, 4.69) is 24.3 Å². The number of nitrogens with zero attached hydrogens (tertiary/aromatic N) is 1. The van der Waals surface area contributed by atoms with Crippen LogP contribution in [0.3, 0.4) is 0 Å². The van der Waals surface area contributed by atoms with Gasteiger partial charge in [-0.2, -0.15) is 0 Å². The summed E-state index contributed by atoms with van der Waals surface area (Å²) in [5.74, 6) is 2.07. The Morgan fingerprint density at radius 3 is 2.41 bits per heavy atom. The van der Waals surface area contributed by atoms with Crippen molar-refractivity contribution in [3.8, 4) is 11.5 Å². The van der Waals surface area contributed by atoms with Crippen molar-refractivity contribution in [3.63, 3.8) is 0 Å². The van der Waals surface area contributed by atoms with Crippen molar-refractivity contribution in [2.24, 2.45) is 0 Å². The molecule has 0 saturated carbocycles. The Kier molecular flexibility index (Phi) is 7.70. The van der Waals surface area contributed by atoms with Gasteiger partial charge in [0.2, 0.25) is 5.91 Å². The fourth-order valence-corrected chi connectivity index (χ4v) is 2.74. The minimum absolute atomic E-state index is 0.0702. The first-order chi connectivity index (χ1) is 13.0. The minimum atomic E-state index is -0.151. The van der Waals surface area contributed by atoms with Gasteiger partial charge in [0.1, 0.15) is 5.76 Å². The van der Waals surface area contributed by atoms with Crippen LogP contribution >= 0.6 is 0 Å². The molecule has 2 rings (SSSR count). The molecule has 1 unspecified atom stereocenters. The molecule has 27 heavy (non-hydrogen) atoms. The van der Waals surface area contributed by atoms with Crippen molar-refractivity contribution in [2.75, 3.05) is 13.2 Å². The molecule has 148 valence electrons. The standard InChI is InChI=1S/C21H30N2O4/c1-6-10-25-19-9-8-17(12-20(19)26-11-7-2)14(3)22-21(24)13-18-15(4)23-27-16(18)5/h8-9,12,14H,6-7,10-11,13H2,1-5H3,(H,22,24). The quantitative estimate of drug-likeness (QED) is 0.671. The maximum absolute atomic E-state index is 12.4. The largest absolute Gasteiger partial charge is 0.490 e. The molecule has 0 spiro atoms. The Morgan fingerprint density at radius 2 is 1.81 bits per heavy atom. The first-order valence-electron chi connectivity index (χ1n) is 9.56. The molecule has 0 aliphatic heterocycles. The van der Waals surface area contributed by atoms with E-state index in [-0.39, 0.29) is 18.4 Å². The predicted molar refractivity (Wildman–Crippen MR) is 104 cm³/mol. The lowest BCUT2D eigenvalue weighted by Gasteiger charge is -2.18. The van der Waals surface area contributed by atoms with Crippen molar-refractivity contribution in [3.05, 3.63) is 40.8 Å². The molecule has 1 atom stereocenters. The highest BCUT2D eigenvalue weighted by molar-refractivity contribution is 5.79. The Hall–Kier alpha value is -2.50. The maximum atomic E-state index is 12.4.